The highest BCUT2D eigenvalue weighted by atomic mass is 16.5. The smallest absolute Gasteiger partial charge is 0.152 e. The summed E-state index contributed by atoms with van der Waals surface area (Å²) in [5, 5.41) is 4.36. The van der Waals surface area contributed by atoms with Crippen LogP contribution in [0.1, 0.15) is 30.4 Å². The first-order valence-electron chi connectivity index (χ1n) is 5.49. The highest BCUT2D eigenvalue weighted by Crippen LogP contribution is 2.24. The lowest BCUT2D eigenvalue weighted by molar-refractivity contribution is 0.0828. The van der Waals surface area contributed by atoms with Crippen molar-refractivity contribution in [3.05, 3.63) is 11.6 Å². The monoisotopic (exact) mass is 210 g/mol. The van der Waals surface area contributed by atoms with Crippen molar-refractivity contribution in [1.82, 2.24) is 14.8 Å². The number of aromatic nitrogens is 3. The van der Waals surface area contributed by atoms with E-state index >= 15 is 0 Å². The summed E-state index contributed by atoms with van der Waals surface area (Å²) >= 11 is 0. The molecule has 0 aromatic carbocycles. The highest BCUT2D eigenvalue weighted by molar-refractivity contribution is 5.01. The van der Waals surface area contributed by atoms with E-state index in [2.05, 4.69) is 10.1 Å². The van der Waals surface area contributed by atoms with E-state index in [4.69, 9.17) is 10.5 Å². The van der Waals surface area contributed by atoms with Gasteiger partial charge in [-0.15, -0.1) is 0 Å². The van der Waals surface area contributed by atoms with Crippen LogP contribution in [0.5, 0.6) is 0 Å². The molecule has 1 fully saturated rings. The van der Waals surface area contributed by atoms with E-state index in [0.717, 1.165) is 44.1 Å². The van der Waals surface area contributed by atoms with Crippen LogP contribution in [0.2, 0.25) is 0 Å². The summed E-state index contributed by atoms with van der Waals surface area (Å²) in [5.74, 6) is 2.45. The van der Waals surface area contributed by atoms with E-state index in [1.807, 2.05) is 11.7 Å². The summed E-state index contributed by atoms with van der Waals surface area (Å²) < 4.78 is 7.23. The molecule has 1 aromatic heterocycles. The number of rotatable bonds is 3. The average Bonchev–Trinajstić information content (AvgIpc) is 2.61. The third-order valence-electron chi connectivity index (χ3n) is 2.79. The Morgan fingerprint density at radius 2 is 2.20 bits per heavy atom. The Morgan fingerprint density at radius 1 is 1.47 bits per heavy atom. The molecule has 0 radical (unpaired) electrons. The molecular formula is C10H18N4O. The van der Waals surface area contributed by atoms with Gasteiger partial charge in [0.05, 0.1) is 0 Å². The van der Waals surface area contributed by atoms with Gasteiger partial charge in [0.2, 0.25) is 0 Å². The summed E-state index contributed by atoms with van der Waals surface area (Å²) in [7, 11) is 1.96. The maximum absolute atomic E-state index is 5.49. The van der Waals surface area contributed by atoms with Gasteiger partial charge in [0, 0.05) is 32.6 Å². The quantitative estimate of drug-likeness (QED) is 0.774. The molecule has 5 heteroatoms. The first-order valence-corrected chi connectivity index (χ1v) is 5.49. The fraction of sp³-hybridized carbons (Fsp3) is 0.800. The molecule has 1 saturated heterocycles. The average molecular weight is 210 g/mol. The molecule has 0 saturated carbocycles. The minimum absolute atomic E-state index is 0.503. The lowest BCUT2D eigenvalue weighted by Crippen LogP contribution is -2.17. The molecule has 0 unspecified atom stereocenters. The SMILES string of the molecule is Cn1nc(CCN)nc1C1CCOCC1. The van der Waals surface area contributed by atoms with Crippen LogP contribution in [0.25, 0.3) is 0 Å². The summed E-state index contributed by atoms with van der Waals surface area (Å²) in [5.41, 5.74) is 5.49. The second kappa shape index (κ2) is 4.72. The number of hydrogen-bond donors (Lipinski definition) is 1. The zero-order valence-corrected chi connectivity index (χ0v) is 9.15. The van der Waals surface area contributed by atoms with Gasteiger partial charge in [-0.25, -0.2) is 4.98 Å². The van der Waals surface area contributed by atoms with Crippen molar-refractivity contribution in [2.24, 2.45) is 12.8 Å². The normalized spacial score (nSPS) is 18.3. The summed E-state index contributed by atoms with van der Waals surface area (Å²) in [6.45, 7) is 2.28. The first kappa shape index (κ1) is 10.6. The Hall–Kier alpha value is -0.940. The number of nitrogens with zero attached hydrogens (tertiary/aromatic N) is 3. The van der Waals surface area contributed by atoms with Crippen molar-refractivity contribution in [3.8, 4) is 0 Å². The Morgan fingerprint density at radius 3 is 2.87 bits per heavy atom. The largest absolute Gasteiger partial charge is 0.381 e. The molecule has 0 aliphatic carbocycles. The fourth-order valence-corrected chi connectivity index (χ4v) is 2.00. The lowest BCUT2D eigenvalue weighted by Gasteiger charge is -2.20. The van der Waals surface area contributed by atoms with Crippen LogP contribution in [0.15, 0.2) is 0 Å². The number of aryl methyl sites for hydroxylation is 1. The molecule has 84 valence electrons. The number of nitrogens with two attached hydrogens (primary N) is 1. The predicted molar refractivity (Wildman–Crippen MR) is 56.6 cm³/mol. The molecule has 1 aliphatic heterocycles. The van der Waals surface area contributed by atoms with E-state index in [1.54, 1.807) is 0 Å². The Labute approximate surface area is 89.6 Å². The van der Waals surface area contributed by atoms with Crippen LogP contribution >= 0.6 is 0 Å². The summed E-state index contributed by atoms with van der Waals surface area (Å²) in [6.07, 6.45) is 2.86. The topological polar surface area (TPSA) is 66.0 Å². The molecule has 2 heterocycles. The van der Waals surface area contributed by atoms with Crippen LogP contribution in [-0.4, -0.2) is 34.5 Å². The minimum atomic E-state index is 0.503. The predicted octanol–water partition coefficient (Wildman–Crippen LogP) is 0.210. The van der Waals surface area contributed by atoms with Crippen molar-refractivity contribution in [2.75, 3.05) is 19.8 Å². The molecular weight excluding hydrogens is 192 g/mol. The maximum atomic E-state index is 5.49. The molecule has 2 rings (SSSR count). The molecule has 0 spiro atoms. The van der Waals surface area contributed by atoms with E-state index in [1.165, 1.54) is 0 Å². The molecule has 5 nitrogen and oxygen atoms in total. The highest BCUT2D eigenvalue weighted by Gasteiger charge is 2.21. The Balaban J connectivity index is 2.11. The molecule has 0 atom stereocenters. The van der Waals surface area contributed by atoms with Crippen LogP contribution in [0.3, 0.4) is 0 Å². The second-order valence-corrected chi connectivity index (χ2v) is 3.94. The van der Waals surface area contributed by atoms with E-state index in [0.29, 0.717) is 12.5 Å². The van der Waals surface area contributed by atoms with Crippen molar-refractivity contribution in [3.63, 3.8) is 0 Å². The van der Waals surface area contributed by atoms with Crippen LogP contribution in [0.4, 0.5) is 0 Å². The Bertz CT molecular complexity index is 317. The maximum Gasteiger partial charge on any atom is 0.152 e. The van der Waals surface area contributed by atoms with Crippen molar-refractivity contribution < 1.29 is 4.74 Å². The zero-order chi connectivity index (χ0) is 10.7. The molecule has 0 amide bonds. The second-order valence-electron chi connectivity index (χ2n) is 3.94. The van der Waals surface area contributed by atoms with Crippen molar-refractivity contribution >= 4 is 0 Å². The molecule has 1 aliphatic rings. The molecule has 2 N–H and O–H groups in total. The van der Waals surface area contributed by atoms with E-state index < -0.39 is 0 Å². The third-order valence-corrected chi connectivity index (χ3v) is 2.79. The van der Waals surface area contributed by atoms with E-state index in [-0.39, 0.29) is 0 Å². The van der Waals surface area contributed by atoms with Gasteiger partial charge >= 0.3 is 0 Å². The van der Waals surface area contributed by atoms with Crippen LogP contribution in [-0.2, 0) is 18.2 Å². The standard InChI is InChI=1S/C10H18N4O/c1-14-10(8-3-6-15-7-4-8)12-9(13-14)2-5-11/h8H,2-7,11H2,1H3. The number of ether oxygens (including phenoxy) is 1. The van der Waals surface area contributed by atoms with Gasteiger partial charge in [0.15, 0.2) is 5.82 Å². The number of hydrogen-bond acceptors (Lipinski definition) is 4. The van der Waals surface area contributed by atoms with Gasteiger partial charge in [-0.1, -0.05) is 0 Å². The molecule has 15 heavy (non-hydrogen) atoms. The van der Waals surface area contributed by atoms with Gasteiger partial charge in [-0.3, -0.25) is 4.68 Å². The lowest BCUT2D eigenvalue weighted by atomic mass is 10.00. The van der Waals surface area contributed by atoms with Gasteiger partial charge < -0.3 is 10.5 Å². The molecule has 1 aromatic rings. The van der Waals surface area contributed by atoms with Crippen molar-refractivity contribution in [1.29, 1.82) is 0 Å². The van der Waals surface area contributed by atoms with Gasteiger partial charge in [-0.2, -0.15) is 5.10 Å². The third kappa shape index (κ3) is 2.35. The molecule has 0 bridgehead atoms. The zero-order valence-electron chi connectivity index (χ0n) is 9.15. The van der Waals surface area contributed by atoms with Gasteiger partial charge in [0.1, 0.15) is 5.82 Å². The van der Waals surface area contributed by atoms with Gasteiger partial charge in [-0.05, 0) is 19.4 Å². The minimum Gasteiger partial charge on any atom is -0.381 e. The summed E-state index contributed by atoms with van der Waals surface area (Å²) in [4.78, 5) is 4.54. The summed E-state index contributed by atoms with van der Waals surface area (Å²) in [6, 6.07) is 0. The van der Waals surface area contributed by atoms with Crippen LogP contribution < -0.4 is 5.73 Å². The van der Waals surface area contributed by atoms with Crippen molar-refractivity contribution in [2.45, 2.75) is 25.2 Å². The Kier molecular flexibility index (Phi) is 3.33. The first-order chi connectivity index (χ1) is 7.31. The fourth-order valence-electron chi connectivity index (χ4n) is 2.00. The van der Waals surface area contributed by atoms with E-state index in [9.17, 15) is 0 Å². The van der Waals surface area contributed by atoms with Crippen LogP contribution in [0, 0.1) is 0 Å². The van der Waals surface area contributed by atoms with Gasteiger partial charge in [0.25, 0.3) is 0 Å².